The van der Waals surface area contributed by atoms with E-state index >= 15 is 0 Å². The molecule has 1 amide bonds. The summed E-state index contributed by atoms with van der Waals surface area (Å²) in [6.45, 7) is 7.84. The molecular weight excluding hydrogens is 432 g/mol. The third-order valence-electron chi connectivity index (χ3n) is 4.42. The number of methoxy groups -OCH3 is 1. The molecule has 0 saturated heterocycles. The van der Waals surface area contributed by atoms with Gasteiger partial charge in [-0.2, -0.15) is 4.99 Å². The lowest BCUT2D eigenvalue weighted by atomic mass is 10.2. The largest absolute Gasteiger partial charge is 0.465 e. The summed E-state index contributed by atoms with van der Waals surface area (Å²) in [5.41, 5.74) is 1.91. The van der Waals surface area contributed by atoms with Gasteiger partial charge in [0.1, 0.15) is 0 Å². The third kappa shape index (κ3) is 5.84. The smallest absolute Gasteiger partial charge is 0.337 e. The van der Waals surface area contributed by atoms with Crippen molar-refractivity contribution in [1.29, 1.82) is 0 Å². The Balaban J connectivity index is 2.03. The monoisotopic (exact) mass is 458 g/mol. The van der Waals surface area contributed by atoms with Crippen LogP contribution in [-0.2, 0) is 16.0 Å². The lowest BCUT2D eigenvalue weighted by molar-refractivity contribution is 0.0600. The molecule has 0 saturated carbocycles. The average Bonchev–Trinajstić information content (AvgIpc) is 3.09. The predicted molar refractivity (Wildman–Crippen MR) is 125 cm³/mol. The van der Waals surface area contributed by atoms with Crippen LogP contribution >= 0.6 is 23.1 Å². The van der Waals surface area contributed by atoms with E-state index in [1.54, 1.807) is 30.0 Å². The fourth-order valence-corrected chi connectivity index (χ4v) is 5.04. The minimum Gasteiger partial charge on any atom is -0.465 e. The number of nitrogens with zero attached hydrogens (tertiary/aromatic N) is 2. The van der Waals surface area contributed by atoms with Crippen LogP contribution in [0.25, 0.3) is 10.2 Å². The van der Waals surface area contributed by atoms with E-state index in [1.165, 1.54) is 18.4 Å². The molecule has 8 heteroatoms. The van der Waals surface area contributed by atoms with Crippen LogP contribution in [0.3, 0.4) is 0 Å². The number of hydrogen-bond donors (Lipinski definition) is 0. The number of amides is 1. The Bertz CT molecular complexity index is 1150. The number of thioether (sulfide) groups is 1. The van der Waals surface area contributed by atoms with Crippen molar-refractivity contribution in [2.24, 2.45) is 4.99 Å². The highest BCUT2D eigenvalue weighted by atomic mass is 32.2. The van der Waals surface area contributed by atoms with Crippen molar-refractivity contribution in [3.63, 3.8) is 0 Å². The van der Waals surface area contributed by atoms with Gasteiger partial charge in [0.05, 0.1) is 29.5 Å². The number of carbonyl (C=O) groups excluding carboxylic acids is 2. The van der Waals surface area contributed by atoms with E-state index in [0.29, 0.717) is 40.9 Å². The van der Waals surface area contributed by atoms with Gasteiger partial charge in [-0.05, 0) is 43.3 Å². The highest BCUT2D eigenvalue weighted by Gasteiger charge is 2.13. The summed E-state index contributed by atoms with van der Waals surface area (Å²) in [6.07, 6.45) is 0. The maximum Gasteiger partial charge on any atom is 0.337 e. The maximum absolute atomic E-state index is 12.9. The van der Waals surface area contributed by atoms with E-state index in [0.717, 1.165) is 15.1 Å². The molecule has 0 fully saturated rings. The molecule has 6 nitrogen and oxygen atoms in total. The normalized spacial score (nSPS) is 12.0. The Kier molecular flexibility index (Phi) is 8.06. The third-order valence-corrected chi connectivity index (χ3v) is 6.46. The first-order valence-electron chi connectivity index (χ1n) is 10.1. The zero-order valence-corrected chi connectivity index (χ0v) is 19.7. The maximum atomic E-state index is 12.9. The molecule has 0 spiro atoms. The number of fused-ring (bicyclic) bond motifs is 1. The van der Waals surface area contributed by atoms with Crippen molar-refractivity contribution in [2.45, 2.75) is 37.5 Å². The molecule has 0 aliphatic carbocycles. The minimum atomic E-state index is -0.398. The first kappa shape index (κ1) is 23.2. The molecule has 0 aliphatic rings. The van der Waals surface area contributed by atoms with Gasteiger partial charge in [-0.15, -0.1) is 11.8 Å². The van der Waals surface area contributed by atoms with E-state index in [2.05, 4.69) is 18.8 Å². The van der Waals surface area contributed by atoms with E-state index in [-0.39, 0.29) is 5.91 Å². The minimum absolute atomic E-state index is 0.295. The fourth-order valence-electron chi connectivity index (χ4n) is 3.05. The summed E-state index contributed by atoms with van der Waals surface area (Å²) in [7, 11) is 1.36. The number of ether oxygens (including phenoxy) is 2. The van der Waals surface area contributed by atoms with Crippen LogP contribution in [0, 0.1) is 0 Å². The van der Waals surface area contributed by atoms with Crippen molar-refractivity contribution in [3.8, 4) is 0 Å². The average molecular weight is 459 g/mol. The van der Waals surface area contributed by atoms with Gasteiger partial charge in [0, 0.05) is 28.9 Å². The van der Waals surface area contributed by atoms with Gasteiger partial charge in [0.2, 0.25) is 0 Å². The van der Waals surface area contributed by atoms with Gasteiger partial charge in [0.25, 0.3) is 5.91 Å². The summed E-state index contributed by atoms with van der Waals surface area (Å²) in [5.74, 6) is -0.693. The second kappa shape index (κ2) is 10.7. The quantitative estimate of drug-likeness (QED) is 0.276. The zero-order valence-electron chi connectivity index (χ0n) is 18.1. The number of carbonyl (C=O) groups is 2. The summed E-state index contributed by atoms with van der Waals surface area (Å²) in [4.78, 5) is 30.9. The molecule has 3 rings (SSSR count). The number of rotatable bonds is 8. The fraction of sp³-hybridized carbons (Fsp3) is 0.348. The van der Waals surface area contributed by atoms with E-state index < -0.39 is 5.97 Å². The molecule has 0 atom stereocenters. The van der Waals surface area contributed by atoms with Crippen molar-refractivity contribution >= 4 is 45.2 Å². The highest BCUT2D eigenvalue weighted by molar-refractivity contribution is 7.99. The lowest BCUT2D eigenvalue weighted by Gasteiger charge is -2.07. The molecule has 3 aromatic rings. The van der Waals surface area contributed by atoms with Crippen LogP contribution in [0.15, 0.2) is 52.4 Å². The van der Waals surface area contributed by atoms with Gasteiger partial charge < -0.3 is 14.0 Å². The van der Waals surface area contributed by atoms with Gasteiger partial charge in [-0.3, -0.25) is 4.79 Å². The lowest BCUT2D eigenvalue weighted by Crippen LogP contribution is -2.19. The van der Waals surface area contributed by atoms with Gasteiger partial charge in [0.15, 0.2) is 4.80 Å². The number of benzene rings is 2. The summed E-state index contributed by atoms with van der Waals surface area (Å²) < 4.78 is 13.2. The number of thiazole rings is 1. The van der Waals surface area contributed by atoms with Crippen LogP contribution in [0.4, 0.5) is 0 Å². The molecule has 1 aromatic heterocycles. The molecule has 0 bridgehead atoms. The Hall–Kier alpha value is -2.42. The highest BCUT2D eigenvalue weighted by Crippen LogP contribution is 2.24. The van der Waals surface area contributed by atoms with Crippen molar-refractivity contribution in [1.82, 2.24) is 4.57 Å². The van der Waals surface area contributed by atoms with E-state index in [4.69, 9.17) is 9.47 Å². The zero-order chi connectivity index (χ0) is 22.4. The van der Waals surface area contributed by atoms with Gasteiger partial charge in [-0.25, -0.2) is 4.79 Å². The first-order chi connectivity index (χ1) is 14.9. The Morgan fingerprint density at radius 1 is 1.16 bits per heavy atom. The Labute approximate surface area is 189 Å². The van der Waals surface area contributed by atoms with E-state index in [9.17, 15) is 9.59 Å². The predicted octanol–water partition coefficient (Wildman–Crippen LogP) is 4.77. The molecule has 0 radical (unpaired) electrons. The van der Waals surface area contributed by atoms with Crippen molar-refractivity contribution in [3.05, 3.63) is 58.4 Å². The Morgan fingerprint density at radius 2 is 1.97 bits per heavy atom. The van der Waals surface area contributed by atoms with Crippen LogP contribution in [-0.4, -0.2) is 42.0 Å². The standard InChI is InChI=1S/C23H26N2O4S2/c1-5-29-12-11-25-19-10-9-17(22(27)28-4)14-20(19)31-23(25)24-21(26)16-7-6-8-18(13-16)30-15(2)3/h6-10,13-15H,5,11-12H2,1-4H3. The van der Waals surface area contributed by atoms with Crippen LogP contribution in [0.2, 0.25) is 0 Å². The van der Waals surface area contributed by atoms with Crippen LogP contribution < -0.4 is 4.80 Å². The topological polar surface area (TPSA) is 69.9 Å². The summed E-state index contributed by atoms with van der Waals surface area (Å²) in [5, 5.41) is 0.426. The van der Waals surface area contributed by atoms with Gasteiger partial charge in [-0.1, -0.05) is 31.3 Å². The molecule has 2 aromatic carbocycles. The van der Waals surface area contributed by atoms with E-state index in [1.807, 2.05) is 35.8 Å². The Morgan fingerprint density at radius 3 is 2.68 bits per heavy atom. The number of hydrogen-bond acceptors (Lipinski definition) is 6. The van der Waals surface area contributed by atoms with Crippen LogP contribution in [0.1, 0.15) is 41.5 Å². The molecule has 0 unspecified atom stereocenters. The molecule has 1 heterocycles. The molecule has 0 aliphatic heterocycles. The molecule has 31 heavy (non-hydrogen) atoms. The summed E-state index contributed by atoms with van der Waals surface area (Å²) in [6, 6.07) is 12.9. The van der Waals surface area contributed by atoms with Gasteiger partial charge >= 0.3 is 5.97 Å². The van der Waals surface area contributed by atoms with Crippen LogP contribution in [0.5, 0.6) is 0 Å². The molecule has 0 N–H and O–H groups in total. The second-order valence-electron chi connectivity index (χ2n) is 7.02. The first-order valence-corrected chi connectivity index (χ1v) is 11.8. The number of esters is 1. The second-order valence-corrected chi connectivity index (χ2v) is 9.68. The SMILES string of the molecule is CCOCCn1c(=NC(=O)c2cccc(SC(C)C)c2)sc2cc(C(=O)OC)ccc21. The molecule has 164 valence electrons. The molecular formula is C23H26N2O4S2. The van der Waals surface area contributed by atoms with Crippen molar-refractivity contribution in [2.75, 3.05) is 20.3 Å². The number of aromatic nitrogens is 1. The summed E-state index contributed by atoms with van der Waals surface area (Å²) >= 11 is 3.08. The van der Waals surface area contributed by atoms with Crippen molar-refractivity contribution < 1.29 is 19.1 Å².